The van der Waals surface area contributed by atoms with Gasteiger partial charge in [0.05, 0.1) is 6.42 Å². The summed E-state index contributed by atoms with van der Waals surface area (Å²) in [5, 5.41) is 8.35. The Kier molecular flexibility index (Phi) is 4.21. The summed E-state index contributed by atoms with van der Waals surface area (Å²) in [7, 11) is 0. The molecule has 0 spiro atoms. The van der Waals surface area contributed by atoms with Crippen molar-refractivity contribution in [1.29, 1.82) is 0 Å². The fraction of sp³-hybridized carbons (Fsp3) is 0.0833. The van der Waals surface area contributed by atoms with Gasteiger partial charge in [-0.3, -0.25) is 4.79 Å². The molecule has 0 aliphatic rings. The van der Waals surface area contributed by atoms with Gasteiger partial charge in [0.15, 0.2) is 0 Å². The smallest absolute Gasteiger partial charge is 0.307 e. The van der Waals surface area contributed by atoms with E-state index in [9.17, 15) is 4.79 Å². The summed E-state index contributed by atoms with van der Waals surface area (Å²) in [4.78, 5) is 10.2. The van der Waals surface area contributed by atoms with Gasteiger partial charge in [0.2, 0.25) is 0 Å². The van der Waals surface area contributed by atoms with E-state index in [4.69, 9.17) is 5.11 Å². The Bertz CT molecular complexity index is 337. The number of carboxylic acids is 1. The first kappa shape index (κ1) is 10.3. The van der Waals surface area contributed by atoms with E-state index in [1.807, 2.05) is 42.5 Å². The molecule has 0 bridgehead atoms. The molecule has 0 heterocycles. The van der Waals surface area contributed by atoms with Crippen LogP contribution in [0.3, 0.4) is 0 Å². The quantitative estimate of drug-likeness (QED) is 0.737. The molecule has 72 valence electrons. The summed E-state index contributed by atoms with van der Waals surface area (Å²) in [6.45, 7) is 0. The van der Waals surface area contributed by atoms with Crippen molar-refractivity contribution in [2.45, 2.75) is 6.42 Å². The summed E-state index contributed by atoms with van der Waals surface area (Å²) in [6.07, 6.45) is 7.18. The number of aliphatic carboxylic acids is 1. The van der Waals surface area contributed by atoms with Gasteiger partial charge in [-0.15, -0.1) is 0 Å². The highest BCUT2D eigenvalue weighted by Gasteiger charge is 1.86. The average Bonchev–Trinajstić information content (AvgIpc) is 2.18. The fourth-order valence-corrected chi connectivity index (χ4v) is 0.978. The molecule has 1 rings (SSSR count). The van der Waals surface area contributed by atoms with Crippen molar-refractivity contribution in [1.82, 2.24) is 0 Å². The standard InChI is InChI=1S/C12H12O2/c13-12(14)10-6-2-5-9-11-7-3-1-4-8-11/h1-9H,10H2,(H,13,14)/b6-2+,9-5-. The maximum absolute atomic E-state index is 10.2. The van der Waals surface area contributed by atoms with Crippen molar-refractivity contribution in [2.24, 2.45) is 0 Å². The molecule has 0 atom stereocenters. The number of hydrogen-bond donors (Lipinski definition) is 1. The largest absolute Gasteiger partial charge is 0.481 e. The highest BCUT2D eigenvalue weighted by Crippen LogP contribution is 2.00. The van der Waals surface area contributed by atoms with Crippen LogP contribution in [0, 0.1) is 0 Å². The van der Waals surface area contributed by atoms with Crippen LogP contribution in [0.4, 0.5) is 0 Å². The molecular weight excluding hydrogens is 176 g/mol. The first-order valence-electron chi connectivity index (χ1n) is 4.39. The lowest BCUT2D eigenvalue weighted by molar-refractivity contribution is -0.135. The van der Waals surface area contributed by atoms with E-state index in [0.717, 1.165) is 5.56 Å². The topological polar surface area (TPSA) is 37.3 Å². The minimum atomic E-state index is -0.811. The van der Waals surface area contributed by atoms with Crippen molar-refractivity contribution >= 4 is 12.0 Å². The monoisotopic (exact) mass is 188 g/mol. The van der Waals surface area contributed by atoms with E-state index < -0.39 is 5.97 Å². The second-order valence-corrected chi connectivity index (χ2v) is 2.80. The third-order valence-corrected chi connectivity index (χ3v) is 1.63. The third kappa shape index (κ3) is 4.26. The van der Waals surface area contributed by atoms with Crippen LogP contribution in [-0.2, 0) is 4.79 Å². The van der Waals surface area contributed by atoms with Crippen LogP contribution in [-0.4, -0.2) is 11.1 Å². The highest BCUT2D eigenvalue weighted by atomic mass is 16.4. The third-order valence-electron chi connectivity index (χ3n) is 1.63. The first-order chi connectivity index (χ1) is 6.79. The van der Waals surface area contributed by atoms with Crippen molar-refractivity contribution in [3.05, 3.63) is 54.1 Å². The summed E-state index contributed by atoms with van der Waals surface area (Å²) >= 11 is 0. The maximum atomic E-state index is 10.2. The maximum Gasteiger partial charge on any atom is 0.307 e. The van der Waals surface area contributed by atoms with E-state index >= 15 is 0 Å². The molecule has 0 saturated carbocycles. The Balaban J connectivity index is 2.42. The molecule has 1 N–H and O–H groups in total. The SMILES string of the molecule is O=C(O)C/C=C/C=C\c1ccccc1. The molecule has 0 aliphatic carbocycles. The van der Waals surface area contributed by atoms with Crippen molar-refractivity contribution in [2.75, 3.05) is 0 Å². The van der Waals surface area contributed by atoms with Gasteiger partial charge in [-0.25, -0.2) is 0 Å². The number of benzene rings is 1. The molecule has 0 aromatic heterocycles. The van der Waals surface area contributed by atoms with E-state index in [-0.39, 0.29) is 6.42 Å². The second-order valence-electron chi connectivity index (χ2n) is 2.80. The summed E-state index contributed by atoms with van der Waals surface area (Å²) in [5.74, 6) is -0.811. The van der Waals surface area contributed by atoms with Crippen LogP contribution in [0.25, 0.3) is 6.08 Å². The van der Waals surface area contributed by atoms with E-state index in [0.29, 0.717) is 0 Å². The molecule has 1 aromatic carbocycles. The van der Waals surface area contributed by atoms with Crippen molar-refractivity contribution in [3.8, 4) is 0 Å². The molecule has 0 radical (unpaired) electrons. The van der Waals surface area contributed by atoms with Gasteiger partial charge in [0.1, 0.15) is 0 Å². The number of carboxylic acid groups (broad SMARTS) is 1. The minimum absolute atomic E-state index is 0.0686. The molecule has 0 amide bonds. The van der Waals surface area contributed by atoms with Crippen LogP contribution >= 0.6 is 0 Å². The van der Waals surface area contributed by atoms with Crippen molar-refractivity contribution < 1.29 is 9.90 Å². The molecule has 0 aliphatic heterocycles. The van der Waals surface area contributed by atoms with Gasteiger partial charge in [0, 0.05) is 0 Å². The zero-order valence-electron chi connectivity index (χ0n) is 7.76. The van der Waals surface area contributed by atoms with Gasteiger partial charge in [-0.1, -0.05) is 54.6 Å². The normalized spacial score (nSPS) is 11.1. The Morgan fingerprint density at radius 2 is 1.93 bits per heavy atom. The fourth-order valence-electron chi connectivity index (χ4n) is 0.978. The summed E-state index contributed by atoms with van der Waals surface area (Å²) in [5.41, 5.74) is 1.10. The minimum Gasteiger partial charge on any atom is -0.481 e. The molecule has 14 heavy (non-hydrogen) atoms. The number of allylic oxidation sites excluding steroid dienone is 2. The van der Waals surface area contributed by atoms with Gasteiger partial charge in [-0.05, 0) is 5.56 Å². The zero-order chi connectivity index (χ0) is 10.2. The average molecular weight is 188 g/mol. The van der Waals surface area contributed by atoms with E-state index in [1.165, 1.54) is 0 Å². The van der Waals surface area contributed by atoms with Crippen LogP contribution in [0.15, 0.2) is 48.6 Å². The summed E-state index contributed by atoms with van der Waals surface area (Å²) in [6, 6.07) is 9.85. The molecular formula is C12H12O2. The lowest BCUT2D eigenvalue weighted by Gasteiger charge is -1.88. The lowest BCUT2D eigenvalue weighted by atomic mass is 10.2. The number of hydrogen-bond acceptors (Lipinski definition) is 1. The van der Waals surface area contributed by atoms with Crippen LogP contribution in [0.2, 0.25) is 0 Å². The Hall–Kier alpha value is -1.83. The Labute approximate surface area is 83.2 Å². The Morgan fingerprint density at radius 3 is 2.57 bits per heavy atom. The molecule has 0 fully saturated rings. The lowest BCUT2D eigenvalue weighted by Crippen LogP contribution is -1.89. The summed E-state index contributed by atoms with van der Waals surface area (Å²) < 4.78 is 0. The number of carbonyl (C=O) groups is 1. The van der Waals surface area contributed by atoms with Crippen molar-refractivity contribution in [3.63, 3.8) is 0 Å². The van der Waals surface area contributed by atoms with E-state index in [1.54, 1.807) is 12.2 Å². The highest BCUT2D eigenvalue weighted by molar-refractivity contribution is 5.68. The van der Waals surface area contributed by atoms with Gasteiger partial charge < -0.3 is 5.11 Å². The molecule has 2 heteroatoms. The van der Waals surface area contributed by atoms with Crippen LogP contribution < -0.4 is 0 Å². The molecule has 0 unspecified atom stereocenters. The first-order valence-corrected chi connectivity index (χ1v) is 4.39. The molecule has 0 saturated heterocycles. The predicted molar refractivity (Wildman–Crippen MR) is 56.9 cm³/mol. The van der Waals surface area contributed by atoms with E-state index in [2.05, 4.69) is 0 Å². The zero-order valence-corrected chi connectivity index (χ0v) is 7.76. The predicted octanol–water partition coefficient (Wildman–Crippen LogP) is 2.73. The second kappa shape index (κ2) is 5.75. The van der Waals surface area contributed by atoms with Gasteiger partial charge >= 0.3 is 5.97 Å². The number of rotatable bonds is 4. The van der Waals surface area contributed by atoms with Crippen LogP contribution in [0.1, 0.15) is 12.0 Å². The molecule has 2 nitrogen and oxygen atoms in total. The molecule has 1 aromatic rings. The van der Waals surface area contributed by atoms with Crippen LogP contribution in [0.5, 0.6) is 0 Å². The van der Waals surface area contributed by atoms with Gasteiger partial charge in [0.25, 0.3) is 0 Å². The van der Waals surface area contributed by atoms with Gasteiger partial charge in [-0.2, -0.15) is 0 Å². The Morgan fingerprint density at radius 1 is 1.21 bits per heavy atom.